The number of nitrogens with two attached hydrogens (primary N) is 1. The zero-order valence-electron chi connectivity index (χ0n) is 9.78. The van der Waals surface area contributed by atoms with Crippen molar-refractivity contribution in [1.82, 2.24) is 0 Å². The monoisotopic (exact) mass is 311 g/mol. The molecule has 98 valence electrons. The Labute approximate surface area is 126 Å². The fourth-order valence-electron chi connectivity index (χ4n) is 1.43. The van der Waals surface area contributed by atoms with Crippen molar-refractivity contribution in [3.8, 4) is 0 Å². The first-order chi connectivity index (χ1) is 9.04. The van der Waals surface area contributed by atoms with Crippen molar-refractivity contribution in [2.24, 2.45) is 0 Å². The maximum Gasteiger partial charge on any atom is 0.175 e. The van der Waals surface area contributed by atoms with E-state index in [-0.39, 0.29) is 0 Å². The van der Waals surface area contributed by atoms with Gasteiger partial charge in [0.15, 0.2) is 5.11 Å². The zero-order valence-corrected chi connectivity index (χ0v) is 12.1. The number of thiocarbonyl (C=S) groups is 1. The van der Waals surface area contributed by atoms with Gasteiger partial charge < -0.3 is 16.4 Å². The molecule has 2 rings (SSSR count). The van der Waals surface area contributed by atoms with Crippen LogP contribution in [0.15, 0.2) is 42.5 Å². The van der Waals surface area contributed by atoms with Crippen molar-refractivity contribution in [3.63, 3.8) is 0 Å². The van der Waals surface area contributed by atoms with Crippen LogP contribution in [0.25, 0.3) is 0 Å². The second-order valence-electron chi connectivity index (χ2n) is 3.83. The van der Waals surface area contributed by atoms with Gasteiger partial charge in [-0.1, -0.05) is 23.2 Å². The van der Waals surface area contributed by atoms with Crippen molar-refractivity contribution in [1.29, 1.82) is 0 Å². The lowest BCUT2D eigenvalue weighted by molar-refractivity contribution is 1.59. The van der Waals surface area contributed by atoms with Crippen molar-refractivity contribution in [2.75, 3.05) is 16.4 Å². The number of halogens is 2. The standard InChI is InChI=1S/C13H11Cl2N3S/c14-11-6-5-10(7-12(11)15)18-13(19)17-9-3-1-8(16)2-4-9/h1-7H,16H2,(H2,17,18,19). The molecule has 0 atom stereocenters. The highest BCUT2D eigenvalue weighted by molar-refractivity contribution is 7.80. The van der Waals surface area contributed by atoms with Gasteiger partial charge in [0.25, 0.3) is 0 Å². The summed E-state index contributed by atoms with van der Waals surface area (Å²) in [5, 5.41) is 7.50. The lowest BCUT2D eigenvalue weighted by atomic mass is 10.3. The van der Waals surface area contributed by atoms with Gasteiger partial charge in [-0.15, -0.1) is 0 Å². The van der Waals surface area contributed by atoms with E-state index in [1.165, 1.54) is 0 Å². The van der Waals surface area contributed by atoms with Crippen molar-refractivity contribution < 1.29 is 0 Å². The average molecular weight is 312 g/mol. The Morgan fingerprint density at radius 3 is 2.11 bits per heavy atom. The van der Waals surface area contributed by atoms with Gasteiger partial charge in [0.2, 0.25) is 0 Å². The first-order valence-electron chi connectivity index (χ1n) is 5.43. The summed E-state index contributed by atoms with van der Waals surface area (Å²) in [7, 11) is 0. The number of nitrogen functional groups attached to an aromatic ring is 1. The van der Waals surface area contributed by atoms with Crippen LogP contribution < -0.4 is 16.4 Å². The number of nitrogens with one attached hydrogen (secondary N) is 2. The predicted molar refractivity (Wildman–Crippen MR) is 87.2 cm³/mol. The highest BCUT2D eigenvalue weighted by atomic mass is 35.5. The summed E-state index contributed by atoms with van der Waals surface area (Å²) in [6.07, 6.45) is 0. The second kappa shape index (κ2) is 6.10. The maximum absolute atomic E-state index is 5.93. The van der Waals surface area contributed by atoms with E-state index in [2.05, 4.69) is 10.6 Å². The lowest BCUT2D eigenvalue weighted by Gasteiger charge is -2.11. The highest BCUT2D eigenvalue weighted by Crippen LogP contribution is 2.25. The van der Waals surface area contributed by atoms with Gasteiger partial charge in [-0.2, -0.15) is 0 Å². The summed E-state index contributed by atoms with van der Waals surface area (Å²) < 4.78 is 0. The summed E-state index contributed by atoms with van der Waals surface area (Å²) >= 11 is 17.0. The van der Waals surface area contributed by atoms with Gasteiger partial charge in [0.1, 0.15) is 0 Å². The maximum atomic E-state index is 5.93. The molecule has 0 saturated carbocycles. The quantitative estimate of drug-likeness (QED) is 0.569. The number of hydrogen-bond acceptors (Lipinski definition) is 2. The van der Waals surface area contributed by atoms with Crippen LogP contribution in [-0.4, -0.2) is 5.11 Å². The molecule has 3 nitrogen and oxygen atoms in total. The molecule has 19 heavy (non-hydrogen) atoms. The van der Waals surface area contributed by atoms with Crippen LogP contribution in [0.2, 0.25) is 10.0 Å². The molecule has 2 aromatic rings. The van der Waals surface area contributed by atoms with E-state index in [4.69, 9.17) is 41.2 Å². The zero-order chi connectivity index (χ0) is 13.8. The first-order valence-corrected chi connectivity index (χ1v) is 6.59. The summed E-state index contributed by atoms with van der Waals surface area (Å²) in [6.45, 7) is 0. The molecule has 0 heterocycles. The molecule has 0 aliphatic heterocycles. The third-order valence-corrected chi connectivity index (χ3v) is 3.29. The Morgan fingerprint density at radius 2 is 1.47 bits per heavy atom. The fourth-order valence-corrected chi connectivity index (χ4v) is 1.97. The number of anilines is 3. The summed E-state index contributed by atoms with van der Waals surface area (Å²) in [4.78, 5) is 0. The van der Waals surface area contributed by atoms with Gasteiger partial charge in [-0.25, -0.2) is 0 Å². The van der Waals surface area contributed by atoms with Gasteiger partial charge in [0, 0.05) is 17.1 Å². The van der Waals surface area contributed by atoms with Crippen LogP contribution in [0.5, 0.6) is 0 Å². The molecule has 0 aliphatic rings. The van der Waals surface area contributed by atoms with E-state index >= 15 is 0 Å². The molecule has 0 amide bonds. The normalized spacial score (nSPS) is 10.0. The average Bonchev–Trinajstić information content (AvgIpc) is 2.37. The summed E-state index contributed by atoms with van der Waals surface area (Å²) in [5.41, 5.74) is 7.93. The molecule has 0 aliphatic carbocycles. The molecule has 0 saturated heterocycles. The van der Waals surface area contributed by atoms with Crippen LogP contribution in [0.3, 0.4) is 0 Å². The first kappa shape index (κ1) is 13.9. The molecular formula is C13H11Cl2N3S. The highest BCUT2D eigenvalue weighted by Gasteiger charge is 2.02. The van der Waals surface area contributed by atoms with Crippen LogP contribution >= 0.6 is 35.4 Å². The smallest absolute Gasteiger partial charge is 0.175 e. The van der Waals surface area contributed by atoms with E-state index in [0.29, 0.717) is 20.8 Å². The Morgan fingerprint density at radius 1 is 0.895 bits per heavy atom. The molecule has 0 fully saturated rings. The third-order valence-electron chi connectivity index (χ3n) is 2.35. The van der Waals surface area contributed by atoms with E-state index in [1.807, 2.05) is 12.1 Å². The Balaban J connectivity index is 2.01. The molecule has 2 aromatic carbocycles. The molecular weight excluding hydrogens is 301 g/mol. The minimum absolute atomic E-state index is 0.461. The topological polar surface area (TPSA) is 50.1 Å². The van der Waals surface area contributed by atoms with Crippen molar-refractivity contribution >= 4 is 57.6 Å². The molecule has 0 radical (unpaired) electrons. The van der Waals surface area contributed by atoms with Gasteiger partial charge in [-0.3, -0.25) is 0 Å². The summed E-state index contributed by atoms with van der Waals surface area (Å²) in [6, 6.07) is 12.5. The molecule has 0 spiro atoms. The number of benzene rings is 2. The van der Waals surface area contributed by atoms with Crippen molar-refractivity contribution in [2.45, 2.75) is 0 Å². The van der Waals surface area contributed by atoms with Gasteiger partial charge >= 0.3 is 0 Å². The van der Waals surface area contributed by atoms with Crippen LogP contribution in [0.4, 0.5) is 17.1 Å². The second-order valence-corrected chi connectivity index (χ2v) is 5.05. The molecule has 0 aromatic heterocycles. The third kappa shape index (κ3) is 3.99. The molecule has 6 heteroatoms. The fraction of sp³-hybridized carbons (Fsp3) is 0. The minimum atomic E-state index is 0.461. The Bertz CT molecular complexity index is 599. The van der Waals surface area contributed by atoms with E-state index in [9.17, 15) is 0 Å². The van der Waals surface area contributed by atoms with Crippen LogP contribution in [0.1, 0.15) is 0 Å². The largest absolute Gasteiger partial charge is 0.399 e. The van der Waals surface area contributed by atoms with Crippen LogP contribution in [-0.2, 0) is 0 Å². The van der Waals surface area contributed by atoms with Gasteiger partial charge in [-0.05, 0) is 54.7 Å². The molecule has 0 bridgehead atoms. The summed E-state index contributed by atoms with van der Waals surface area (Å²) in [5.74, 6) is 0. The lowest BCUT2D eigenvalue weighted by Crippen LogP contribution is -2.18. The van der Waals surface area contributed by atoms with E-state index in [1.54, 1.807) is 30.3 Å². The Hall–Kier alpha value is -1.49. The SMILES string of the molecule is Nc1ccc(NC(=S)Nc2ccc(Cl)c(Cl)c2)cc1. The number of rotatable bonds is 2. The molecule has 4 N–H and O–H groups in total. The van der Waals surface area contributed by atoms with E-state index < -0.39 is 0 Å². The van der Waals surface area contributed by atoms with Crippen LogP contribution in [0, 0.1) is 0 Å². The van der Waals surface area contributed by atoms with E-state index in [0.717, 1.165) is 11.4 Å². The van der Waals surface area contributed by atoms with Crippen molar-refractivity contribution in [3.05, 3.63) is 52.5 Å². The molecule has 0 unspecified atom stereocenters. The Kier molecular flexibility index (Phi) is 4.47. The van der Waals surface area contributed by atoms with Gasteiger partial charge in [0.05, 0.1) is 10.0 Å². The number of hydrogen-bond donors (Lipinski definition) is 3. The predicted octanol–water partition coefficient (Wildman–Crippen LogP) is 4.38. The minimum Gasteiger partial charge on any atom is -0.399 e.